The van der Waals surface area contributed by atoms with E-state index < -0.39 is 0 Å². The molecule has 2 aliphatic heterocycles. The molecule has 4 rings (SSSR count). The highest BCUT2D eigenvalue weighted by Crippen LogP contribution is 2.38. The van der Waals surface area contributed by atoms with E-state index in [0.29, 0.717) is 30.5 Å². The second kappa shape index (κ2) is 9.46. The first-order chi connectivity index (χ1) is 12.8. The molecule has 0 spiro atoms. The normalized spacial score (nSPS) is 16.0. The van der Waals surface area contributed by atoms with Crippen LogP contribution in [0, 0.1) is 0 Å². The minimum Gasteiger partial charge on any atom is -0.486 e. The number of fused-ring (bicyclic) bond motifs is 1. The second-order valence-electron chi connectivity index (χ2n) is 6.29. The average molecular weight is 412 g/mol. The Labute approximate surface area is 170 Å². The minimum atomic E-state index is 0. The maximum atomic E-state index is 6.31. The fourth-order valence-corrected chi connectivity index (χ4v) is 3.52. The summed E-state index contributed by atoms with van der Waals surface area (Å²) in [5.41, 5.74) is 2.24. The third-order valence-corrected chi connectivity index (χ3v) is 4.76. The van der Waals surface area contributed by atoms with Gasteiger partial charge in [0.2, 0.25) is 0 Å². The van der Waals surface area contributed by atoms with Gasteiger partial charge in [0.05, 0.1) is 18.2 Å². The molecule has 0 saturated carbocycles. The van der Waals surface area contributed by atoms with Gasteiger partial charge in [0, 0.05) is 37.9 Å². The highest BCUT2D eigenvalue weighted by Gasteiger charge is 2.17. The van der Waals surface area contributed by atoms with Gasteiger partial charge in [0.15, 0.2) is 11.5 Å². The number of nitrogens with zero attached hydrogens (tertiary/aromatic N) is 2. The summed E-state index contributed by atoms with van der Waals surface area (Å²) in [6, 6.07) is 8.00. The van der Waals surface area contributed by atoms with Crippen LogP contribution in [0.4, 0.5) is 5.82 Å². The molecule has 146 valence electrons. The molecule has 3 heterocycles. The number of anilines is 1. The molecule has 0 aliphatic carbocycles. The number of nitrogens with one attached hydrogen (secondary N) is 1. The number of ether oxygens (including phenoxy) is 3. The molecule has 1 fully saturated rings. The molecule has 1 N–H and O–H groups in total. The predicted octanol–water partition coefficient (Wildman–Crippen LogP) is 3.05. The largest absolute Gasteiger partial charge is 0.486 e. The van der Waals surface area contributed by atoms with Crippen molar-refractivity contribution in [2.24, 2.45) is 0 Å². The lowest BCUT2D eigenvalue weighted by atomic mass is 10.1. The molecular formula is C19H23Cl2N3O3. The first-order valence-electron chi connectivity index (χ1n) is 8.86. The summed E-state index contributed by atoms with van der Waals surface area (Å²) >= 11 is 6.31. The molecule has 0 unspecified atom stereocenters. The molecule has 6 nitrogen and oxygen atoms in total. The summed E-state index contributed by atoms with van der Waals surface area (Å²) in [5, 5.41) is 4.07. The summed E-state index contributed by atoms with van der Waals surface area (Å²) in [4.78, 5) is 6.85. The molecule has 2 aliphatic rings. The van der Waals surface area contributed by atoms with Crippen LogP contribution in [0.3, 0.4) is 0 Å². The maximum absolute atomic E-state index is 6.31. The molecule has 8 heteroatoms. The van der Waals surface area contributed by atoms with Crippen molar-refractivity contribution in [2.75, 3.05) is 44.4 Å². The highest BCUT2D eigenvalue weighted by atomic mass is 35.5. The van der Waals surface area contributed by atoms with Crippen molar-refractivity contribution in [1.82, 2.24) is 10.3 Å². The molecule has 27 heavy (non-hydrogen) atoms. The molecule has 1 saturated heterocycles. The molecule has 2 aromatic rings. The van der Waals surface area contributed by atoms with Crippen LogP contribution in [0.15, 0.2) is 30.5 Å². The van der Waals surface area contributed by atoms with Crippen LogP contribution in [-0.2, 0) is 17.8 Å². The van der Waals surface area contributed by atoms with Crippen LogP contribution in [0.25, 0.3) is 0 Å². The Morgan fingerprint density at radius 3 is 2.74 bits per heavy atom. The van der Waals surface area contributed by atoms with Gasteiger partial charge in [-0.15, -0.1) is 12.4 Å². The zero-order chi connectivity index (χ0) is 17.8. The molecule has 1 aromatic carbocycles. The average Bonchev–Trinajstić information content (AvgIpc) is 2.69. The number of benzene rings is 1. The summed E-state index contributed by atoms with van der Waals surface area (Å²) in [6.07, 6.45) is 1.84. The van der Waals surface area contributed by atoms with E-state index in [4.69, 9.17) is 25.8 Å². The molecule has 0 radical (unpaired) electrons. The van der Waals surface area contributed by atoms with Gasteiger partial charge in [-0.1, -0.05) is 17.7 Å². The summed E-state index contributed by atoms with van der Waals surface area (Å²) in [7, 11) is 0. The topological polar surface area (TPSA) is 55.9 Å². The quantitative estimate of drug-likeness (QED) is 0.815. The highest BCUT2D eigenvalue weighted by molar-refractivity contribution is 6.32. The third-order valence-electron chi connectivity index (χ3n) is 4.48. The van der Waals surface area contributed by atoms with Gasteiger partial charge in [-0.2, -0.15) is 0 Å². The first kappa shape index (κ1) is 20.0. The second-order valence-corrected chi connectivity index (χ2v) is 6.70. The van der Waals surface area contributed by atoms with E-state index in [0.717, 1.165) is 50.0 Å². The van der Waals surface area contributed by atoms with E-state index in [9.17, 15) is 0 Å². The fraction of sp³-hybridized carbons (Fsp3) is 0.421. The molecule has 1 aromatic heterocycles. The van der Waals surface area contributed by atoms with Crippen LogP contribution in [-0.4, -0.2) is 44.5 Å². The van der Waals surface area contributed by atoms with Crippen LogP contribution in [0.2, 0.25) is 5.02 Å². The van der Waals surface area contributed by atoms with E-state index >= 15 is 0 Å². The van der Waals surface area contributed by atoms with Crippen molar-refractivity contribution >= 4 is 29.8 Å². The SMILES string of the molecule is Cl.Clc1cc(CNCc2cccnc2N2CCOCC2)cc2c1OCCO2. The lowest BCUT2D eigenvalue weighted by Crippen LogP contribution is -2.37. The van der Waals surface area contributed by atoms with Gasteiger partial charge in [0.25, 0.3) is 0 Å². The van der Waals surface area contributed by atoms with Crippen molar-refractivity contribution in [3.8, 4) is 11.5 Å². The summed E-state index contributed by atoms with van der Waals surface area (Å²) in [5.74, 6) is 2.39. The Balaban J connectivity index is 0.00000210. The van der Waals surface area contributed by atoms with E-state index in [2.05, 4.69) is 21.3 Å². The van der Waals surface area contributed by atoms with Crippen molar-refractivity contribution in [2.45, 2.75) is 13.1 Å². The van der Waals surface area contributed by atoms with Crippen molar-refractivity contribution in [3.05, 3.63) is 46.6 Å². The zero-order valence-electron chi connectivity index (χ0n) is 14.9. The number of hydrogen-bond acceptors (Lipinski definition) is 6. The van der Waals surface area contributed by atoms with Gasteiger partial charge in [-0.3, -0.25) is 0 Å². The smallest absolute Gasteiger partial charge is 0.179 e. The molecule has 0 bridgehead atoms. The summed E-state index contributed by atoms with van der Waals surface area (Å²) < 4.78 is 16.6. The van der Waals surface area contributed by atoms with Crippen LogP contribution in [0.5, 0.6) is 11.5 Å². The van der Waals surface area contributed by atoms with E-state index in [1.807, 2.05) is 24.4 Å². The Morgan fingerprint density at radius 2 is 1.89 bits per heavy atom. The van der Waals surface area contributed by atoms with Crippen molar-refractivity contribution in [1.29, 1.82) is 0 Å². The fourth-order valence-electron chi connectivity index (χ4n) is 3.24. The van der Waals surface area contributed by atoms with E-state index in [-0.39, 0.29) is 12.4 Å². The van der Waals surface area contributed by atoms with E-state index in [1.165, 1.54) is 5.56 Å². The minimum absolute atomic E-state index is 0. The molecule has 0 atom stereocenters. The zero-order valence-corrected chi connectivity index (χ0v) is 16.5. The van der Waals surface area contributed by atoms with E-state index in [1.54, 1.807) is 0 Å². The lowest BCUT2D eigenvalue weighted by molar-refractivity contribution is 0.122. The van der Waals surface area contributed by atoms with Gasteiger partial charge in [-0.05, 0) is 23.8 Å². The third kappa shape index (κ3) is 4.76. The molecule has 0 amide bonds. The van der Waals surface area contributed by atoms with Crippen molar-refractivity contribution < 1.29 is 14.2 Å². The van der Waals surface area contributed by atoms with Crippen molar-refractivity contribution in [3.63, 3.8) is 0 Å². The monoisotopic (exact) mass is 411 g/mol. The predicted molar refractivity (Wildman–Crippen MR) is 108 cm³/mol. The Hall–Kier alpha value is -1.73. The number of hydrogen-bond donors (Lipinski definition) is 1. The number of aromatic nitrogens is 1. The van der Waals surface area contributed by atoms with Crippen LogP contribution < -0.4 is 19.7 Å². The number of pyridine rings is 1. The number of morpholine rings is 1. The Morgan fingerprint density at radius 1 is 1.07 bits per heavy atom. The van der Waals surface area contributed by atoms with Gasteiger partial charge in [0.1, 0.15) is 19.0 Å². The first-order valence-corrected chi connectivity index (χ1v) is 9.24. The van der Waals surface area contributed by atoms with Crippen LogP contribution >= 0.6 is 24.0 Å². The Kier molecular flexibility index (Phi) is 7.01. The molecular weight excluding hydrogens is 389 g/mol. The number of halogens is 2. The van der Waals surface area contributed by atoms with Gasteiger partial charge < -0.3 is 24.4 Å². The van der Waals surface area contributed by atoms with Crippen LogP contribution in [0.1, 0.15) is 11.1 Å². The standard InChI is InChI=1S/C19H22ClN3O3.ClH/c20-16-10-14(11-17-18(16)26-9-8-25-17)12-21-13-15-2-1-3-22-19(15)23-4-6-24-7-5-23;/h1-3,10-11,21H,4-9,12-13H2;1H. The summed E-state index contributed by atoms with van der Waals surface area (Å²) in [6.45, 7) is 5.76. The van der Waals surface area contributed by atoms with Gasteiger partial charge in [-0.25, -0.2) is 4.98 Å². The van der Waals surface area contributed by atoms with Gasteiger partial charge >= 0.3 is 0 Å². The number of rotatable bonds is 5. The lowest BCUT2D eigenvalue weighted by Gasteiger charge is -2.29. The maximum Gasteiger partial charge on any atom is 0.179 e. The Bertz CT molecular complexity index is 770.